The van der Waals surface area contributed by atoms with Crippen LogP contribution in [0.5, 0.6) is 17.4 Å². The maximum absolute atomic E-state index is 5.82. The zero-order valence-electron chi connectivity index (χ0n) is 15.7. The lowest BCUT2D eigenvalue weighted by atomic mass is 10.3. The highest BCUT2D eigenvalue weighted by Crippen LogP contribution is 2.30. The number of hydrogen-bond donors (Lipinski definition) is 2. The van der Waals surface area contributed by atoms with Gasteiger partial charge in [0.1, 0.15) is 0 Å². The number of hydrogen-bond acceptors (Lipinski definition) is 4. The van der Waals surface area contributed by atoms with Crippen LogP contribution in [0.3, 0.4) is 0 Å². The van der Waals surface area contributed by atoms with Gasteiger partial charge in [-0.2, -0.15) is 0 Å². The number of nitrogens with zero attached hydrogens (tertiary/aromatic N) is 2. The number of guanidine groups is 1. The number of pyridine rings is 1. The van der Waals surface area contributed by atoms with E-state index in [1.807, 2.05) is 43.3 Å². The average Bonchev–Trinajstić information content (AvgIpc) is 2.61. The van der Waals surface area contributed by atoms with Crippen molar-refractivity contribution in [1.29, 1.82) is 0 Å². The van der Waals surface area contributed by atoms with E-state index >= 15 is 0 Å². The molecule has 0 fully saturated rings. The number of halogens is 1. The van der Waals surface area contributed by atoms with E-state index in [-0.39, 0.29) is 24.0 Å². The van der Waals surface area contributed by atoms with Crippen LogP contribution in [0.25, 0.3) is 0 Å². The Morgan fingerprint density at radius 1 is 1.15 bits per heavy atom. The predicted molar refractivity (Wildman–Crippen MR) is 116 cm³/mol. The number of ether oxygens (including phenoxy) is 2. The Bertz CT molecular complexity index is 690. The van der Waals surface area contributed by atoms with E-state index in [1.165, 1.54) is 0 Å². The fourth-order valence-corrected chi connectivity index (χ4v) is 2.15. The molecule has 142 valence electrons. The molecule has 1 aromatic carbocycles. The van der Waals surface area contributed by atoms with E-state index in [0.29, 0.717) is 36.6 Å². The summed E-state index contributed by atoms with van der Waals surface area (Å²) in [5.74, 6) is 2.66. The molecule has 26 heavy (non-hydrogen) atoms. The van der Waals surface area contributed by atoms with Gasteiger partial charge >= 0.3 is 0 Å². The first-order chi connectivity index (χ1) is 12.1. The molecule has 0 unspecified atom stereocenters. The summed E-state index contributed by atoms with van der Waals surface area (Å²) in [6, 6.07) is 11.7. The number of rotatable bonds is 7. The third kappa shape index (κ3) is 7.07. The Balaban J connectivity index is 0.00000338. The smallest absolute Gasteiger partial charge is 0.219 e. The summed E-state index contributed by atoms with van der Waals surface area (Å²) in [5.41, 5.74) is 1.04. The maximum atomic E-state index is 5.82. The summed E-state index contributed by atoms with van der Waals surface area (Å²) >= 11 is 0. The third-order valence-electron chi connectivity index (χ3n) is 3.27. The van der Waals surface area contributed by atoms with Gasteiger partial charge in [-0.25, -0.2) is 4.98 Å². The minimum Gasteiger partial charge on any atom is -0.490 e. The topological polar surface area (TPSA) is 67.8 Å². The molecule has 0 atom stereocenters. The number of benzene rings is 1. The molecular weight excluding hydrogens is 443 g/mol. The molecule has 1 heterocycles. The summed E-state index contributed by atoms with van der Waals surface area (Å²) in [5, 5.41) is 6.49. The zero-order chi connectivity index (χ0) is 18.1. The number of aliphatic imine (C=N–C) groups is 1. The van der Waals surface area contributed by atoms with Gasteiger partial charge in [-0.1, -0.05) is 18.2 Å². The van der Waals surface area contributed by atoms with Crippen LogP contribution >= 0.6 is 24.0 Å². The first-order valence-corrected chi connectivity index (χ1v) is 8.44. The molecule has 0 radical (unpaired) electrons. The van der Waals surface area contributed by atoms with Crippen LogP contribution in [0.15, 0.2) is 47.6 Å². The molecule has 7 heteroatoms. The van der Waals surface area contributed by atoms with Crippen LogP contribution in [0.1, 0.15) is 26.3 Å². The highest BCUT2D eigenvalue weighted by Gasteiger charge is 2.06. The highest BCUT2D eigenvalue weighted by atomic mass is 127. The molecule has 0 aliphatic carbocycles. The number of aromatic nitrogens is 1. The van der Waals surface area contributed by atoms with Gasteiger partial charge in [-0.3, -0.25) is 4.99 Å². The largest absolute Gasteiger partial charge is 0.490 e. The molecule has 0 saturated carbocycles. The van der Waals surface area contributed by atoms with Crippen LogP contribution < -0.4 is 20.1 Å². The fraction of sp³-hybridized carbons (Fsp3) is 0.368. The van der Waals surface area contributed by atoms with Gasteiger partial charge in [0.2, 0.25) is 5.88 Å². The SMILES string of the molecule is CCOc1ccccc1Oc1ccc(CNC(=NC)NC(C)C)cn1.I. The van der Waals surface area contributed by atoms with Gasteiger partial charge in [-0.05, 0) is 38.5 Å². The van der Waals surface area contributed by atoms with Crippen molar-refractivity contribution in [3.63, 3.8) is 0 Å². The Morgan fingerprint density at radius 3 is 2.46 bits per heavy atom. The molecule has 1 aromatic heterocycles. The van der Waals surface area contributed by atoms with Gasteiger partial charge < -0.3 is 20.1 Å². The van der Waals surface area contributed by atoms with Crippen LogP contribution in [0.2, 0.25) is 0 Å². The van der Waals surface area contributed by atoms with Crippen molar-refractivity contribution in [3.8, 4) is 17.4 Å². The van der Waals surface area contributed by atoms with Gasteiger partial charge in [-0.15, -0.1) is 24.0 Å². The standard InChI is InChI=1S/C19H26N4O2.HI/c1-5-24-16-8-6-7-9-17(16)25-18-11-10-15(12-21-18)13-22-19(20-4)23-14(2)3;/h6-12,14H,5,13H2,1-4H3,(H2,20,22,23);1H. The fourth-order valence-electron chi connectivity index (χ4n) is 2.15. The summed E-state index contributed by atoms with van der Waals surface area (Å²) in [6.07, 6.45) is 1.79. The maximum Gasteiger partial charge on any atom is 0.219 e. The molecule has 0 spiro atoms. The molecular formula is C19H27IN4O2. The van der Waals surface area contributed by atoms with E-state index in [9.17, 15) is 0 Å². The zero-order valence-corrected chi connectivity index (χ0v) is 18.0. The Labute approximate surface area is 172 Å². The van der Waals surface area contributed by atoms with Crippen molar-refractivity contribution in [2.24, 2.45) is 4.99 Å². The van der Waals surface area contributed by atoms with Crippen molar-refractivity contribution in [2.45, 2.75) is 33.4 Å². The van der Waals surface area contributed by atoms with Gasteiger partial charge in [0, 0.05) is 31.9 Å². The minimum atomic E-state index is 0. The molecule has 2 rings (SSSR count). The third-order valence-corrected chi connectivity index (χ3v) is 3.27. The molecule has 0 amide bonds. The molecule has 0 saturated heterocycles. The van der Waals surface area contributed by atoms with Crippen molar-refractivity contribution in [1.82, 2.24) is 15.6 Å². The van der Waals surface area contributed by atoms with Crippen molar-refractivity contribution >= 4 is 29.9 Å². The van der Waals surface area contributed by atoms with Crippen molar-refractivity contribution in [3.05, 3.63) is 48.2 Å². The monoisotopic (exact) mass is 470 g/mol. The van der Waals surface area contributed by atoms with Gasteiger partial charge in [0.25, 0.3) is 0 Å². The van der Waals surface area contributed by atoms with Crippen LogP contribution in [-0.2, 0) is 6.54 Å². The van der Waals surface area contributed by atoms with Crippen LogP contribution in [0, 0.1) is 0 Å². The molecule has 0 aliphatic rings. The van der Waals surface area contributed by atoms with E-state index in [0.717, 1.165) is 11.5 Å². The quantitative estimate of drug-likeness (QED) is 0.364. The predicted octanol–water partition coefficient (Wildman–Crippen LogP) is 3.96. The molecule has 0 bridgehead atoms. The lowest BCUT2D eigenvalue weighted by molar-refractivity contribution is 0.319. The number of para-hydroxylation sites is 2. The molecule has 0 aliphatic heterocycles. The second-order valence-electron chi connectivity index (χ2n) is 5.71. The van der Waals surface area contributed by atoms with Crippen molar-refractivity contribution in [2.75, 3.05) is 13.7 Å². The molecule has 2 N–H and O–H groups in total. The van der Waals surface area contributed by atoms with Crippen LogP contribution in [0.4, 0.5) is 0 Å². The summed E-state index contributed by atoms with van der Waals surface area (Å²) in [6.45, 7) is 7.31. The Morgan fingerprint density at radius 2 is 1.88 bits per heavy atom. The molecule has 2 aromatic rings. The lowest BCUT2D eigenvalue weighted by Crippen LogP contribution is -2.40. The first kappa shape index (κ1) is 22.0. The highest BCUT2D eigenvalue weighted by molar-refractivity contribution is 14.0. The minimum absolute atomic E-state index is 0. The Hall–Kier alpha value is -2.03. The van der Waals surface area contributed by atoms with E-state index in [2.05, 4.69) is 34.5 Å². The van der Waals surface area contributed by atoms with Crippen LogP contribution in [-0.4, -0.2) is 30.6 Å². The number of nitrogens with one attached hydrogen (secondary N) is 2. The van der Waals surface area contributed by atoms with E-state index < -0.39 is 0 Å². The van der Waals surface area contributed by atoms with E-state index in [1.54, 1.807) is 13.2 Å². The average molecular weight is 470 g/mol. The summed E-state index contributed by atoms with van der Waals surface area (Å²) < 4.78 is 11.4. The summed E-state index contributed by atoms with van der Waals surface area (Å²) in [4.78, 5) is 8.54. The van der Waals surface area contributed by atoms with Crippen molar-refractivity contribution < 1.29 is 9.47 Å². The Kier molecular flexibility index (Phi) is 9.79. The van der Waals surface area contributed by atoms with Gasteiger partial charge in [0.15, 0.2) is 17.5 Å². The second kappa shape index (κ2) is 11.6. The second-order valence-corrected chi connectivity index (χ2v) is 5.71. The lowest BCUT2D eigenvalue weighted by Gasteiger charge is -2.14. The first-order valence-electron chi connectivity index (χ1n) is 8.44. The van der Waals surface area contributed by atoms with Gasteiger partial charge in [0.05, 0.1) is 6.61 Å². The normalized spacial score (nSPS) is 10.9. The van der Waals surface area contributed by atoms with E-state index in [4.69, 9.17) is 9.47 Å². The summed E-state index contributed by atoms with van der Waals surface area (Å²) in [7, 11) is 1.75. The molecule has 6 nitrogen and oxygen atoms in total.